The SMILES string of the molecule is CC(C)(C)OC(=O)N[C@@H](CO)CC(COCc1ccccc1)C(F)(F)F. The molecule has 0 aliphatic rings. The number of rotatable bonds is 8. The molecule has 1 aromatic rings. The number of hydrogen-bond donors (Lipinski definition) is 2. The van der Waals surface area contributed by atoms with Crippen LogP contribution in [0.25, 0.3) is 0 Å². The first kappa shape index (κ1) is 22.2. The molecule has 1 amide bonds. The van der Waals surface area contributed by atoms with Crippen molar-refractivity contribution < 1.29 is 32.5 Å². The molecule has 1 rings (SSSR count). The Kier molecular flexibility index (Phi) is 8.36. The summed E-state index contributed by atoms with van der Waals surface area (Å²) in [4.78, 5) is 11.7. The number of ether oxygens (including phenoxy) is 2. The predicted molar refractivity (Wildman–Crippen MR) is 90.5 cm³/mol. The van der Waals surface area contributed by atoms with Gasteiger partial charge in [0.1, 0.15) is 5.60 Å². The molecule has 26 heavy (non-hydrogen) atoms. The number of carbonyl (C=O) groups is 1. The van der Waals surface area contributed by atoms with Crippen molar-refractivity contribution in [1.82, 2.24) is 5.32 Å². The van der Waals surface area contributed by atoms with Crippen LogP contribution in [0.2, 0.25) is 0 Å². The molecule has 5 nitrogen and oxygen atoms in total. The fourth-order valence-corrected chi connectivity index (χ4v) is 2.19. The van der Waals surface area contributed by atoms with Crippen molar-refractivity contribution in [1.29, 1.82) is 0 Å². The van der Waals surface area contributed by atoms with Crippen molar-refractivity contribution in [3.8, 4) is 0 Å². The molecular formula is C18H26F3NO4. The van der Waals surface area contributed by atoms with Crippen molar-refractivity contribution in [3.63, 3.8) is 0 Å². The van der Waals surface area contributed by atoms with E-state index < -0.39 is 49.5 Å². The third-order valence-corrected chi connectivity index (χ3v) is 3.40. The second-order valence-electron chi connectivity index (χ2n) is 7.00. The zero-order chi connectivity index (χ0) is 19.8. The summed E-state index contributed by atoms with van der Waals surface area (Å²) in [7, 11) is 0. The number of amides is 1. The Bertz CT molecular complexity index is 544. The fourth-order valence-electron chi connectivity index (χ4n) is 2.19. The lowest BCUT2D eigenvalue weighted by Crippen LogP contribution is -2.44. The van der Waals surface area contributed by atoms with E-state index in [9.17, 15) is 23.1 Å². The lowest BCUT2D eigenvalue weighted by molar-refractivity contribution is -0.193. The largest absolute Gasteiger partial charge is 0.444 e. The highest BCUT2D eigenvalue weighted by Gasteiger charge is 2.41. The maximum Gasteiger partial charge on any atom is 0.407 e. The van der Waals surface area contributed by atoms with E-state index in [4.69, 9.17) is 9.47 Å². The van der Waals surface area contributed by atoms with Gasteiger partial charge in [0.2, 0.25) is 0 Å². The molecule has 0 spiro atoms. The number of alkyl carbamates (subject to hydrolysis) is 1. The maximum absolute atomic E-state index is 13.2. The highest BCUT2D eigenvalue weighted by atomic mass is 19.4. The highest BCUT2D eigenvalue weighted by Crippen LogP contribution is 2.30. The number of benzene rings is 1. The number of aliphatic hydroxyl groups is 1. The Morgan fingerprint density at radius 2 is 1.81 bits per heavy atom. The summed E-state index contributed by atoms with van der Waals surface area (Å²) in [6.07, 6.45) is -5.89. The second-order valence-corrected chi connectivity index (χ2v) is 7.00. The Morgan fingerprint density at radius 1 is 1.19 bits per heavy atom. The molecule has 1 aromatic carbocycles. The van der Waals surface area contributed by atoms with Crippen LogP contribution in [0, 0.1) is 5.92 Å². The van der Waals surface area contributed by atoms with Gasteiger partial charge in [0.05, 0.1) is 31.8 Å². The molecule has 0 aliphatic carbocycles. The van der Waals surface area contributed by atoms with Crippen molar-refractivity contribution >= 4 is 6.09 Å². The Morgan fingerprint density at radius 3 is 2.31 bits per heavy atom. The molecular weight excluding hydrogens is 351 g/mol. The molecule has 0 radical (unpaired) electrons. The first-order valence-electron chi connectivity index (χ1n) is 8.30. The maximum atomic E-state index is 13.2. The van der Waals surface area contributed by atoms with Gasteiger partial charge in [-0.05, 0) is 32.8 Å². The van der Waals surface area contributed by atoms with Crippen LogP contribution >= 0.6 is 0 Å². The summed E-state index contributed by atoms with van der Waals surface area (Å²) in [5.41, 5.74) is -0.0224. The normalized spacial score (nSPS) is 14.6. The van der Waals surface area contributed by atoms with Gasteiger partial charge < -0.3 is 19.9 Å². The quantitative estimate of drug-likeness (QED) is 0.726. The van der Waals surface area contributed by atoms with Crippen LogP contribution in [-0.2, 0) is 16.1 Å². The van der Waals surface area contributed by atoms with Gasteiger partial charge in [-0.1, -0.05) is 30.3 Å². The minimum Gasteiger partial charge on any atom is -0.444 e. The van der Waals surface area contributed by atoms with Crippen LogP contribution in [0.3, 0.4) is 0 Å². The molecule has 2 atom stereocenters. The van der Waals surface area contributed by atoms with E-state index in [0.29, 0.717) is 0 Å². The molecule has 0 heterocycles. The first-order chi connectivity index (χ1) is 12.0. The zero-order valence-corrected chi connectivity index (χ0v) is 15.2. The number of hydrogen-bond acceptors (Lipinski definition) is 4. The predicted octanol–water partition coefficient (Wildman–Crippen LogP) is 3.66. The minimum atomic E-state index is -4.51. The Labute approximate surface area is 151 Å². The molecule has 2 N–H and O–H groups in total. The van der Waals surface area contributed by atoms with E-state index in [1.54, 1.807) is 51.1 Å². The first-order valence-corrected chi connectivity index (χ1v) is 8.30. The Balaban J connectivity index is 2.59. The lowest BCUT2D eigenvalue weighted by atomic mass is 10.0. The molecule has 0 aliphatic heterocycles. The summed E-state index contributed by atoms with van der Waals surface area (Å²) in [6.45, 7) is 3.76. The van der Waals surface area contributed by atoms with Crippen molar-refractivity contribution in [2.45, 2.75) is 51.6 Å². The van der Waals surface area contributed by atoms with Gasteiger partial charge in [-0.25, -0.2) is 4.79 Å². The number of carbonyl (C=O) groups excluding carboxylic acids is 1. The molecule has 0 saturated heterocycles. The minimum absolute atomic E-state index is 0.0523. The average Bonchev–Trinajstić information content (AvgIpc) is 2.51. The third kappa shape index (κ3) is 9.05. The number of alkyl halides is 3. The second kappa shape index (κ2) is 9.78. The topological polar surface area (TPSA) is 67.8 Å². The standard InChI is InChI=1S/C18H26F3NO4/c1-17(2,3)26-16(24)22-15(10-23)9-14(18(19,20)21)12-25-11-13-7-5-4-6-8-13/h4-8,14-15,23H,9-12H2,1-3H3,(H,22,24)/t14?,15-/m1/s1. The summed E-state index contributed by atoms with van der Waals surface area (Å²) in [6, 6.07) is 7.76. The molecule has 1 unspecified atom stereocenters. The number of aliphatic hydroxyl groups excluding tert-OH is 1. The van der Waals surface area contributed by atoms with Crippen LogP contribution in [-0.4, -0.2) is 42.2 Å². The van der Waals surface area contributed by atoms with Gasteiger partial charge in [0, 0.05) is 0 Å². The highest BCUT2D eigenvalue weighted by molar-refractivity contribution is 5.68. The molecule has 8 heteroatoms. The van der Waals surface area contributed by atoms with Gasteiger partial charge in [0.15, 0.2) is 0 Å². The smallest absolute Gasteiger partial charge is 0.407 e. The van der Waals surface area contributed by atoms with Gasteiger partial charge >= 0.3 is 12.3 Å². The van der Waals surface area contributed by atoms with Crippen LogP contribution in [0.5, 0.6) is 0 Å². The summed E-state index contributed by atoms with van der Waals surface area (Å²) < 4.78 is 49.9. The number of halogens is 3. The monoisotopic (exact) mass is 377 g/mol. The van der Waals surface area contributed by atoms with Gasteiger partial charge in [-0.15, -0.1) is 0 Å². The average molecular weight is 377 g/mol. The molecule has 0 bridgehead atoms. The van der Waals surface area contributed by atoms with Crippen molar-refractivity contribution in [2.75, 3.05) is 13.2 Å². The zero-order valence-electron chi connectivity index (χ0n) is 15.2. The van der Waals surface area contributed by atoms with Gasteiger partial charge in [0.25, 0.3) is 0 Å². The third-order valence-electron chi connectivity index (χ3n) is 3.40. The van der Waals surface area contributed by atoms with Crippen LogP contribution in [0.4, 0.5) is 18.0 Å². The molecule has 148 valence electrons. The summed E-state index contributed by atoms with van der Waals surface area (Å²) in [5.74, 6) is -1.82. The molecule has 0 fully saturated rings. The fraction of sp³-hybridized carbons (Fsp3) is 0.611. The molecule has 0 saturated carbocycles. The van der Waals surface area contributed by atoms with Gasteiger partial charge in [-0.2, -0.15) is 13.2 Å². The van der Waals surface area contributed by atoms with E-state index in [0.717, 1.165) is 5.56 Å². The van der Waals surface area contributed by atoms with Gasteiger partial charge in [-0.3, -0.25) is 0 Å². The Hall–Kier alpha value is -1.80. The summed E-state index contributed by atoms with van der Waals surface area (Å²) >= 11 is 0. The number of nitrogens with one attached hydrogen (secondary N) is 1. The molecule has 0 aromatic heterocycles. The van der Waals surface area contributed by atoms with Crippen molar-refractivity contribution in [3.05, 3.63) is 35.9 Å². The lowest BCUT2D eigenvalue weighted by Gasteiger charge is -2.26. The van der Waals surface area contributed by atoms with E-state index in [1.165, 1.54) is 0 Å². The van der Waals surface area contributed by atoms with E-state index >= 15 is 0 Å². The van der Waals surface area contributed by atoms with Crippen LogP contribution < -0.4 is 5.32 Å². The van der Waals surface area contributed by atoms with E-state index in [1.807, 2.05) is 0 Å². The van der Waals surface area contributed by atoms with Crippen LogP contribution in [0.15, 0.2) is 30.3 Å². The van der Waals surface area contributed by atoms with E-state index in [-0.39, 0.29) is 6.61 Å². The van der Waals surface area contributed by atoms with E-state index in [2.05, 4.69) is 5.32 Å². The summed E-state index contributed by atoms with van der Waals surface area (Å²) in [5, 5.41) is 11.6. The van der Waals surface area contributed by atoms with Crippen LogP contribution in [0.1, 0.15) is 32.8 Å². The van der Waals surface area contributed by atoms with Crippen molar-refractivity contribution in [2.24, 2.45) is 5.92 Å².